The van der Waals surface area contributed by atoms with Crippen LogP contribution in [0.1, 0.15) is 58.8 Å². The Morgan fingerprint density at radius 1 is 1.00 bits per heavy atom. The van der Waals surface area contributed by atoms with Gasteiger partial charge in [-0.3, -0.25) is 0 Å². The van der Waals surface area contributed by atoms with Crippen molar-refractivity contribution in [3.05, 3.63) is 6.15 Å². The SMILES string of the molecule is CCCCNCCCCCCC(C)N.[Li+].[NH2-]. The summed E-state index contributed by atoms with van der Waals surface area (Å²) in [7, 11) is 0. The fourth-order valence-corrected chi connectivity index (χ4v) is 1.50. The maximum absolute atomic E-state index is 5.68. The van der Waals surface area contributed by atoms with Crippen LogP contribution >= 0.6 is 0 Å². The monoisotopic (exact) mass is 223 g/mol. The van der Waals surface area contributed by atoms with Crippen molar-refractivity contribution in [1.29, 1.82) is 0 Å². The summed E-state index contributed by atoms with van der Waals surface area (Å²) < 4.78 is 0. The second-order valence-electron chi connectivity index (χ2n) is 4.28. The number of rotatable bonds is 10. The van der Waals surface area contributed by atoms with Gasteiger partial charge in [0, 0.05) is 6.04 Å². The van der Waals surface area contributed by atoms with Gasteiger partial charge in [0.2, 0.25) is 0 Å². The Hall–Kier alpha value is 0.477. The van der Waals surface area contributed by atoms with Crippen LogP contribution in [0.2, 0.25) is 0 Å². The summed E-state index contributed by atoms with van der Waals surface area (Å²) in [6.45, 7) is 6.70. The number of hydrogen-bond acceptors (Lipinski definition) is 2. The molecule has 4 heteroatoms. The van der Waals surface area contributed by atoms with E-state index in [2.05, 4.69) is 19.2 Å². The van der Waals surface area contributed by atoms with E-state index >= 15 is 0 Å². The fraction of sp³-hybridized carbons (Fsp3) is 1.00. The molecule has 0 aliphatic carbocycles. The van der Waals surface area contributed by atoms with Gasteiger partial charge in [-0.05, 0) is 39.3 Å². The van der Waals surface area contributed by atoms with Crippen molar-refractivity contribution in [2.24, 2.45) is 5.73 Å². The van der Waals surface area contributed by atoms with E-state index in [0.717, 1.165) is 0 Å². The molecule has 0 bridgehead atoms. The number of nitrogens with one attached hydrogen (secondary N) is 1. The third kappa shape index (κ3) is 20.0. The number of nitrogens with two attached hydrogens (primary N) is 2. The first kappa shape index (κ1) is 21.7. The summed E-state index contributed by atoms with van der Waals surface area (Å²) in [5.74, 6) is 0. The summed E-state index contributed by atoms with van der Waals surface area (Å²) in [6.07, 6.45) is 9.10. The van der Waals surface area contributed by atoms with Crippen molar-refractivity contribution in [1.82, 2.24) is 5.32 Å². The van der Waals surface area contributed by atoms with Crippen LogP contribution in [-0.4, -0.2) is 19.1 Å². The van der Waals surface area contributed by atoms with Gasteiger partial charge >= 0.3 is 18.9 Å². The van der Waals surface area contributed by atoms with Crippen molar-refractivity contribution in [3.8, 4) is 0 Å². The maximum atomic E-state index is 5.68. The summed E-state index contributed by atoms with van der Waals surface area (Å²) >= 11 is 0. The minimum Gasteiger partial charge on any atom is -0.693 e. The molecule has 16 heavy (non-hydrogen) atoms. The van der Waals surface area contributed by atoms with Crippen molar-refractivity contribution in [2.45, 2.75) is 64.8 Å². The smallest absolute Gasteiger partial charge is 0.693 e. The van der Waals surface area contributed by atoms with E-state index in [1.54, 1.807) is 0 Å². The molecule has 0 aliphatic heterocycles. The minimum absolute atomic E-state index is 0. The molecule has 1 atom stereocenters. The summed E-state index contributed by atoms with van der Waals surface area (Å²) in [4.78, 5) is 0. The average Bonchev–Trinajstić information content (AvgIpc) is 2.15. The van der Waals surface area contributed by atoms with Crippen molar-refractivity contribution >= 4 is 0 Å². The van der Waals surface area contributed by atoms with Gasteiger partial charge < -0.3 is 17.2 Å². The minimum atomic E-state index is 0. The Balaban J connectivity index is -0.000000845. The number of unbranched alkanes of at least 4 members (excludes halogenated alkanes) is 4. The van der Waals surface area contributed by atoms with Crippen molar-refractivity contribution < 1.29 is 18.9 Å². The molecule has 5 N–H and O–H groups in total. The summed E-state index contributed by atoms with van der Waals surface area (Å²) in [5.41, 5.74) is 5.68. The Kier molecular flexibility index (Phi) is 24.3. The molecular formula is C12H30LiN3. The van der Waals surface area contributed by atoms with Gasteiger partial charge in [-0.15, -0.1) is 0 Å². The molecule has 3 nitrogen and oxygen atoms in total. The van der Waals surface area contributed by atoms with Crippen LogP contribution in [0.5, 0.6) is 0 Å². The Morgan fingerprint density at radius 2 is 1.56 bits per heavy atom. The molecule has 94 valence electrons. The van der Waals surface area contributed by atoms with Crippen LogP contribution in [0.15, 0.2) is 0 Å². The molecule has 0 rings (SSSR count). The first-order chi connectivity index (χ1) is 6.77. The molecule has 0 aromatic heterocycles. The van der Waals surface area contributed by atoms with Gasteiger partial charge in [-0.25, -0.2) is 0 Å². The normalized spacial score (nSPS) is 11.4. The molecular weight excluding hydrogens is 193 g/mol. The van der Waals surface area contributed by atoms with Crippen molar-refractivity contribution in [3.63, 3.8) is 0 Å². The topological polar surface area (TPSA) is 71.5 Å². The quantitative estimate of drug-likeness (QED) is 0.415. The summed E-state index contributed by atoms with van der Waals surface area (Å²) in [6, 6.07) is 0.387. The predicted molar refractivity (Wildman–Crippen MR) is 69.8 cm³/mol. The van der Waals surface area contributed by atoms with Crippen LogP contribution in [0.3, 0.4) is 0 Å². The molecule has 0 aliphatic rings. The first-order valence-electron chi connectivity index (χ1n) is 6.23. The average molecular weight is 223 g/mol. The largest absolute Gasteiger partial charge is 1.00 e. The molecule has 0 saturated carbocycles. The Morgan fingerprint density at radius 3 is 2.12 bits per heavy atom. The molecule has 0 aromatic carbocycles. The maximum Gasteiger partial charge on any atom is 1.00 e. The second-order valence-corrected chi connectivity index (χ2v) is 4.28. The Bertz CT molecular complexity index is 110. The van der Waals surface area contributed by atoms with E-state index in [9.17, 15) is 0 Å². The van der Waals surface area contributed by atoms with Gasteiger partial charge in [0.25, 0.3) is 0 Å². The molecule has 1 unspecified atom stereocenters. The van der Waals surface area contributed by atoms with Gasteiger partial charge in [0.1, 0.15) is 0 Å². The van der Waals surface area contributed by atoms with Crippen LogP contribution in [-0.2, 0) is 0 Å². The predicted octanol–water partition coefficient (Wildman–Crippen LogP) is 0.395. The van der Waals surface area contributed by atoms with Gasteiger partial charge in [-0.1, -0.05) is 32.6 Å². The van der Waals surface area contributed by atoms with Crippen molar-refractivity contribution in [2.75, 3.05) is 13.1 Å². The Labute approximate surface area is 114 Å². The van der Waals surface area contributed by atoms with Gasteiger partial charge in [0.05, 0.1) is 0 Å². The van der Waals surface area contributed by atoms with Gasteiger partial charge in [0.15, 0.2) is 0 Å². The van der Waals surface area contributed by atoms with Gasteiger partial charge in [-0.2, -0.15) is 0 Å². The third-order valence-electron chi connectivity index (χ3n) is 2.47. The van der Waals surface area contributed by atoms with E-state index in [1.165, 1.54) is 58.0 Å². The van der Waals surface area contributed by atoms with Crippen LogP contribution < -0.4 is 29.9 Å². The third-order valence-corrected chi connectivity index (χ3v) is 2.47. The summed E-state index contributed by atoms with van der Waals surface area (Å²) in [5, 5.41) is 3.46. The molecule has 0 radical (unpaired) electrons. The molecule has 0 saturated heterocycles. The molecule has 0 heterocycles. The van der Waals surface area contributed by atoms with Crippen LogP contribution in [0, 0.1) is 0 Å². The zero-order valence-corrected chi connectivity index (χ0v) is 11.6. The van der Waals surface area contributed by atoms with E-state index < -0.39 is 0 Å². The van der Waals surface area contributed by atoms with E-state index in [4.69, 9.17) is 5.73 Å². The molecule has 0 aromatic rings. The second kappa shape index (κ2) is 17.9. The first-order valence-corrected chi connectivity index (χ1v) is 6.23. The fourth-order valence-electron chi connectivity index (χ4n) is 1.50. The zero-order chi connectivity index (χ0) is 10.6. The van der Waals surface area contributed by atoms with Crippen LogP contribution in [0.25, 0.3) is 6.15 Å². The molecule has 0 fully saturated rings. The van der Waals surface area contributed by atoms with E-state index in [1.807, 2.05) is 0 Å². The standard InChI is InChI=1S/C12H28N2.Li.H2N/c1-3-4-10-14-11-8-6-5-7-9-12(2)13;;/h12,14H,3-11,13H2,1-2H3;;1H2/q;+1;-1. The van der Waals surface area contributed by atoms with E-state index in [-0.39, 0.29) is 25.0 Å². The van der Waals surface area contributed by atoms with Crippen LogP contribution in [0.4, 0.5) is 0 Å². The van der Waals surface area contributed by atoms with E-state index in [0.29, 0.717) is 6.04 Å². The molecule has 0 spiro atoms. The molecule has 0 amide bonds. The zero-order valence-electron chi connectivity index (χ0n) is 11.6. The number of hydrogen-bond donors (Lipinski definition) is 2.